The van der Waals surface area contributed by atoms with Gasteiger partial charge in [-0.2, -0.15) is 0 Å². The number of carboxylic acid groups (broad SMARTS) is 1. The minimum Gasteiger partial charge on any atom is -0.480 e. The molecule has 2 aliphatic rings. The molecular formula is C17H23NO3. The topological polar surface area (TPSA) is 49.8 Å². The zero-order valence-corrected chi connectivity index (χ0v) is 12.5. The minimum absolute atomic E-state index is 0.273. The summed E-state index contributed by atoms with van der Waals surface area (Å²) < 4.78 is 5.50. The SMILES string of the molecule is COC1CCCC(N2Cc3ccccc3CC2C(=O)O)C1. The van der Waals surface area contributed by atoms with Crippen LogP contribution >= 0.6 is 0 Å². The Kier molecular flexibility index (Phi) is 4.27. The largest absolute Gasteiger partial charge is 0.480 e. The number of benzene rings is 1. The Morgan fingerprint density at radius 3 is 2.76 bits per heavy atom. The highest BCUT2D eigenvalue weighted by Crippen LogP contribution is 2.32. The lowest BCUT2D eigenvalue weighted by atomic mass is 9.86. The van der Waals surface area contributed by atoms with Gasteiger partial charge in [0.2, 0.25) is 0 Å². The van der Waals surface area contributed by atoms with E-state index in [1.165, 1.54) is 11.1 Å². The van der Waals surface area contributed by atoms with Crippen molar-refractivity contribution >= 4 is 5.97 Å². The highest BCUT2D eigenvalue weighted by Gasteiger charge is 2.37. The number of rotatable bonds is 3. The van der Waals surface area contributed by atoms with Crippen molar-refractivity contribution in [1.29, 1.82) is 0 Å². The zero-order valence-electron chi connectivity index (χ0n) is 12.5. The summed E-state index contributed by atoms with van der Waals surface area (Å²) in [5.74, 6) is -0.705. The predicted octanol–water partition coefficient (Wildman–Crippen LogP) is 2.46. The normalized spacial score (nSPS) is 29.9. The lowest BCUT2D eigenvalue weighted by molar-refractivity contribution is -0.146. The average molecular weight is 289 g/mol. The molecule has 3 rings (SSSR count). The maximum Gasteiger partial charge on any atom is 0.321 e. The van der Waals surface area contributed by atoms with E-state index in [9.17, 15) is 9.90 Å². The Hall–Kier alpha value is -1.39. The van der Waals surface area contributed by atoms with Crippen LogP contribution in [-0.2, 0) is 22.5 Å². The first-order chi connectivity index (χ1) is 10.2. The van der Waals surface area contributed by atoms with Gasteiger partial charge in [-0.05, 0) is 43.2 Å². The molecule has 3 unspecified atom stereocenters. The first-order valence-corrected chi connectivity index (χ1v) is 7.77. The Bertz CT molecular complexity index is 517. The third-order valence-electron chi connectivity index (χ3n) is 4.97. The molecule has 1 aromatic carbocycles. The molecule has 0 aromatic heterocycles. The molecule has 1 aliphatic carbocycles. The second-order valence-electron chi connectivity index (χ2n) is 6.18. The van der Waals surface area contributed by atoms with E-state index in [0.29, 0.717) is 12.5 Å². The summed E-state index contributed by atoms with van der Waals surface area (Å²) in [4.78, 5) is 13.9. The molecular weight excluding hydrogens is 266 g/mol. The molecule has 0 amide bonds. The second-order valence-corrected chi connectivity index (χ2v) is 6.18. The Labute approximate surface area is 125 Å². The molecule has 0 saturated heterocycles. The molecule has 0 radical (unpaired) electrons. The van der Waals surface area contributed by atoms with Crippen molar-refractivity contribution in [1.82, 2.24) is 4.90 Å². The van der Waals surface area contributed by atoms with Crippen LogP contribution in [0.5, 0.6) is 0 Å². The molecule has 4 nitrogen and oxygen atoms in total. The lowest BCUT2D eigenvalue weighted by Gasteiger charge is -2.43. The van der Waals surface area contributed by atoms with Gasteiger partial charge < -0.3 is 9.84 Å². The Morgan fingerprint density at radius 1 is 1.29 bits per heavy atom. The summed E-state index contributed by atoms with van der Waals surface area (Å²) in [6.07, 6.45) is 5.12. The van der Waals surface area contributed by atoms with Crippen LogP contribution in [0.2, 0.25) is 0 Å². The second kappa shape index (κ2) is 6.16. The number of carboxylic acids is 1. The van der Waals surface area contributed by atoms with Gasteiger partial charge >= 0.3 is 5.97 Å². The summed E-state index contributed by atoms with van der Waals surface area (Å²) in [6.45, 7) is 0.744. The Balaban J connectivity index is 1.83. The smallest absolute Gasteiger partial charge is 0.321 e. The van der Waals surface area contributed by atoms with Crippen LogP contribution in [0.25, 0.3) is 0 Å². The van der Waals surface area contributed by atoms with E-state index in [-0.39, 0.29) is 6.10 Å². The van der Waals surface area contributed by atoms with Crippen molar-refractivity contribution in [2.75, 3.05) is 7.11 Å². The number of methoxy groups -OCH3 is 1. The minimum atomic E-state index is -0.705. The van der Waals surface area contributed by atoms with Crippen LogP contribution in [0.1, 0.15) is 36.8 Å². The first-order valence-electron chi connectivity index (χ1n) is 7.77. The monoisotopic (exact) mass is 289 g/mol. The highest BCUT2D eigenvalue weighted by molar-refractivity contribution is 5.74. The first kappa shape index (κ1) is 14.5. The van der Waals surface area contributed by atoms with Crippen molar-refractivity contribution < 1.29 is 14.6 Å². The molecule has 114 valence electrons. The summed E-state index contributed by atoms with van der Waals surface area (Å²) in [6, 6.07) is 8.13. The van der Waals surface area contributed by atoms with E-state index in [4.69, 9.17) is 4.74 Å². The van der Waals surface area contributed by atoms with Crippen LogP contribution in [-0.4, -0.2) is 41.3 Å². The van der Waals surface area contributed by atoms with Crippen LogP contribution in [0, 0.1) is 0 Å². The van der Waals surface area contributed by atoms with E-state index < -0.39 is 12.0 Å². The predicted molar refractivity (Wildman–Crippen MR) is 80.2 cm³/mol. The fraction of sp³-hybridized carbons (Fsp3) is 0.588. The van der Waals surface area contributed by atoms with E-state index in [1.54, 1.807) is 7.11 Å². The summed E-state index contributed by atoms with van der Waals surface area (Å²) in [5.41, 5.74) is 2.45. The molecule has 1 N–H and O–H groups in total. The molecule has 1 fully saturated rings. The fourth-order valence-corrected chi connectivity index (χ4v) is 3.79. The number of nitrogens with zero attached hydrogens (tertiary/aromatic N) is 1. The molecule has 0 spiro atoms. The van der Waals surface area contributed by atoms with E-state index in [0.717, 1.165) is 32.2 Å². The van der Waals surface area contributed by atoms with Gasteiger partial charge in [-0.3, -0.25) is 9.69 Å². The zero-order chi connectivity index (χ0) is 14.8. The van der Waals surface area contributed by atoms with Gasteiger partial charge in [0.1, 0.15) is 6.04 Å². The number of carbonyl (C=O) groups is 1. The van der Waals surface area contributed by atoms with Gasteiger partial charge in [0.05, 0.1) is 6.10 Å². The molecule has 1 heterocycles. The van der Waals surface area contributed by atoms with Crippen molar-refractivity contribution in [2.24, 2.45) is 0 Å². The molecule has 0 bridgehead atoms. The lowest BCUT2D eigenvalue weighted by Crippen LogP contribution is -2.52. The summed E-state index contributed by atoms with van der Waals surface area (Å²) >= 11 is 0. The van der Waals surface area contributed by atoms with E-state index >= 15 is 0 Å². The van der Waals surface area contributed by atoms with Crippen molar-refractivity contribution in [3.63, 3.8) is 0 Å². The summed E-state index contributed by atoms with van der Waals surface area (Å²) in [7, 11) is 1.76. The van der Waals surface area contributed by atoms with E-state index in [2.05, 4.69) is 17.0 Å². The van der Waals surface area contributed by atoms with Gasteiger partial charge in [-0.1, -0.05) is 24.3 Å². The van der Waals surface area contributed by atoms with Crippen LogP contribution in [0.15, 0.2) is 24.3 Å². The number of hydrogen-bond donors (Lipinski definition) is 1. The molecule has 4 heteroatoms. The highest BCUT2D eigenvalue weighted by atomic mass is 16.5. The fourth-order valence-electron chi connectivity index (χ4n) is 3.79. The number of aliphatic carboxylic acids is 1. The van der Waals surface area contributed by atoms with Crippen molar-refractivity contribution in [3.8, 4) is 0 Å². The molecule has 1 aliphatic heterocycles. The van der Waals surface area contributed by atoms with Gasteiger partial charge in [0.25, 0.3) is 0 Å². The van der Waals surface area contributed by atoms with Crippen molar-refractivity contribution in [3.05, 3.63) is 35.4 Å². The van der Waals surface area contributed by atoms with Crippen molar-refractivity contribution in [2.45, 2.75) is 56.8 Å². The third kappa shape index (κ3) is 2.97. The van der Waals surface area contributed by atoms with Gasteiger partial charge in [-0.25, -0.2) is 0 Å². The molecule has 3 atom stereocenters. The number of hydrogen-bond acceptors (Lipinski definition) is 3. The average Bonchev–Trinajstić information content (AvgIpc) is 2.53. The molecule has 1 aromatic rings. The van der Waals surface area contributed by atoms with Gasteiger partial charge in [0, 0.05) is 19.7 Å². The van der Waals surface area contributed by atoms with E-state index in [1.807, 2.05) is 12.1 Å². The standard InChI is InChI=1S/C17H23NO3/c1-21-15-8-4-7-14(10-15)18-11-13-6-3-2-5-12(13)9-16(18)17(19)20/h2-3,5-6,14-16H,4,7-11H2,1H3,(H,19,20). The van der Waals surface area contributed by atoms with Gasteiger partial charge in [-0.15, -0.1) is 0 Å². The summed E-state index contributed by atoms with van der Waals surface area (Å²) in [5, 5.41) is 9.62. The molecule has 21 heavy (non-hydrogen) atoms. The Morgan fingerprint density at radius 2 is 2.05 bits per heavy atom. The number of fused-ring (bicyclic) bond motifs is 1. The molecule has 1 saturated carbocycles. The quantitative estimate of drug-likeness (QED) is 0.928. The van der Waals surface area contributed by atoms with Crippen LogP contribution < -0.4 is 0 Å². The van der Waals surface area contributed by atoms with Crippen LogP contribution in [0.3, 0.4) is 0 Å². The maximum absolute atomic E-state index is 11.7. The number of ether oxygens (including phenoxy) is 1. The van der Waals surface area contributed by atoms with Gasteiger partial charge in [0.15, 0.2) is 0 Å². The maximum atomic E-state index is 11.7. The third-order valence-corrected chi connectivity index (χ3v) is 4.97. The van der Waals surface area contributed by atoms with Crippen LogP contribution in [0.4, 0.5) is 0 Å².